The molecule has 0 unspecified atom stereocenters. The number of halogens is 3. The Labute approximate surface area is 161 Å². The third-order valence-electron chi connectivity index (χ3n) is 3.45. The molecule has 0 aliphatic heterocycles. The molecule has 3 aromatic rings. The number of anilines is 1. The highest BCUT2D eigenvalue weighted by molar-refractivity contribution is 6.42. The first-order valence-corrected chi connectivity index (χ1v) is 8.19. The minimum atomic E-state index is -0.676. The van der Waals surface area contributed by atoms with Gasteiger partial charge in [-0.25, -0.2) is 9.36 Å². The summed E-state index contributed by atoms with van der Waals surface area (Å²) in [6.45, 7) is 0. The van der Waals surface area contributed by atoms with E-state index >= 15 is 0 Å². The third-order valence-corrected chi connectivity index (χ3v) is 4.56. The first kappa shape index (κ1) is 18.3. The van der Waals surface area contributed by atoms with Crippen LogP contribution < -0.4 is 10.9 Å². The average molecular weight is 415 g/mol. The second-order valence-electron chi connectivity index (χ2n) is 5.18. The van der Waals surface area contributed by atoms with Gasteiger partial charge in [-0.15, -0.1) is 0 Å². The van der Waals surface area contributed by atoms with Crippen molar-refractivity contribution in [1.82, 2.24) is 30.0 Å². The monoisotopic (exact) mass is 413 g/mol. The van der Waals surface area contributed by atoms with Crippen molar-refractivity contribution in [3.8, 4) is 11.1 Å². The molecule has 3 rings (SSSR count). The average Bonchev–Trinajstić information content (AvgIpc) is 2.99. The highest BCUT2D eigenvalue weighted by Gasteiger charge is 2.23. The minimum Gasteiger partial charge on any atom is -0.288 e. The van der Waals surface area contributed by atoms with Crippen LogP contribution in [0.25, 0.3) is 11.1 Å². The van der Waals surface area contributed by atoms with E-state index in [0.29, 0.717) is 10.6 Å². The van der Waals surface area contributed by atoms with Crippen molar-refractivity contribution in [2.45, 2.75) is 0 Å². The van der Waals surface area contributed by atoms with Gasteiger partial charge in [0.2, 0.25) is 5.95 Å². The van der Waals surface area contributed by atoms with Gasteiger partial charge in [0.05, 0.1) is 20.6 Å². The Morgan fingerprint density at radius 2 is 1.85 bits per heavy atom. The number of hydrogen-bond donors (Lipinski definition) is 1. The van der Waals surface area contributed by atoms with Gasteiger partial charge in [-0.05, 0) is 28.1 Å². The van der Waals surface area contributed by atoms with E-state index in [1.807, 2.05) is 0 Å². The number of aromatic nitrogens is 6. The fourth-order valence-corrected chi connectivity index (χ4v) is 2.77. The summed E-state index contributed by atoms with van der Waals surface area (Å²) in [5.74, 6) is -0.581. The van der Waals surface area contributed by atoms with Crippen LogP contribution in [0.2, 0.25) is 15.1 Å². The number of aryl methyl sites for hydroxylation is 2. The number of carbonyl (C=O) groups excluding carboxylic acids is 1. The van der Waals surface area contributed by atoms with Crippen LogP contribution in [0.15, 0.2) is 23.0 Å². The van der Waals surface area contributed by atoms with E-state index < -0.39 is 11.5 Å². The molecule has 0 fully saturated rings. The van der Waals surface area contributed by atoms with Crippen LogP contribution in [-0.2, 0) is 14.1 Å². The molecular formula is C14H10Cl3N7O2. The number of amides is 1. The van der Waals surface area contributed by atoms with Gasteiger partial charge in [-0.1, -0.05) is 46.0 Å². The minimum absolute atomic E-state index is 0.0731. The summed E-state index contributed by atoms with van der Waals surface area (Å²) in [7, 11) is 2.95. The number of carbonyl (C=O) groups is 1. The molecule has 0 saturated heterocycles. The van der Waals surface area contributed by atoms with Crippen molar-refractivity contribution in [1.29, 1.82) is 0 Å². The summed E-state index contributed by atoms with van der Waals surface area (Å²) in [6.07, 6.45) is 0. The Morgan fingerprint density at radius 3 is 2.46 bits per heavy atom. The van der Waals surface area contributed by atoms with Crippen molar-refractivity contribution in [2.24, 2.45) is 14.1 Å². The molecule has 1 N–H and O–H groups in total. The van der Waals surface area contributed by atoms with Crippen LogP contribution in [0, 0.1) is 0 Å². The second kappa shape index (κ2) is 7.02. The van der Waals surface area contributed by atoms with Gasteiger partial charge >= 0.3 is 0 Å². The Balaban J connectivity index is 2.12. The Hall–Kier alpha value is -2.49. The summed E-state index contributed by atoms with van der Waals surface area (Å²) in [6, 6.07) is 4.59. The maximum absolute atomic E-state index is 12.5. The number of tetrazole rings is 1. The summed E-state index contributed by atoms with van der Waals surface area (Å²) < 4.78 is 2.27. The summed E-state index contributed by atoms with van der Waals surface area (Å²) >= 11 is 18.2. The molecule has 1 amide bonds. The zero-order valence-corrected chi connectivity index (χ0v) is 15.6. The SMILES string of the molecule is Cn1nnnc1NC(=O)c1nn(C)c(=O)c(-c2ccc(Cl)c(Cl)c2)c1Cl. The maximum Gasteiger partial charge on any atom is 0.280 e. The molecule has 9 nitrogen and oxygen atoms in total. The highest BCUT2D eigenvalue weighted by Crippen LogP contribution is 2.31. The smallest absolute Gasteiger partial charge is 0.280 e. The van der Waals surface area contributed by atoms with Gasteiger partial charge in [-0.2, -0.15) is 5.10 Å². The Morgan fingerprint density at radius 1 is 1.12 bits per heavy atom. The molecule has 0 saturated carbocycles. The van der Waals surface area contributed by atoms with E-state index in [1.54, 1.807) is 13.1 Å². The molecular weight excluding hydrogens is 405 g/mol. The van der Waals surface area contributed by atoms with Crippen molar-refractivity contribution in [2.75, 3.05) is 5.32 Å². The Kier molecular flexibility index (Phi) is 4.94. The molecule has 2 heterocycles. The van der Waals surface area contributed by atoms with Crippen molar-refractivity contribution in [3.05, 3.63) is 49.3 Å². The third kappa shape index (κ3) is 3.28. The number of rotatable bonds is 3. The van der Waals surface area contributed by atoms with E-state index in [-0.39, 0.29) is 27.3 Å². The van der Waals surface area contributed by atoms with Gasteiger partial charge in [0, 0.05) is 14.1 Å². The topological polar surface area (TPSA) is 108 Å². The molecule has 12 heteroatoms. The number of nitrogens with one attached hydrogen (secondary N) is 1. The fourth-order valence-electron chi connectivity index (χ4n) is 2.16. The molecule has 0 radical (unpaired) electrons. The van der Waals surface area contributed by atoms with Gasteiger partial charge < -0.3 is 0 Å². The van der Waals surface area contributed by atoms with Crippen LogP contribution in [0.5, 0.6) is 0 Å². The lowest BCUT2D eigenvalue weighted by Gasteiger charge is -2.11. The maximum atomic E-state index is 12.5. The van der Waals surface area contributed by atoms with Crippen LogP contribution in [0.4, 0.5) is 5.95 Å². The van der Waals surface area contributed by atoms with Crippen LogP contribution in [-0.4, -0.2) is 35.9 Å². The lowest BCUT2D eigenvalue weighted by Crippen LogP contribution is -2.27. The van der Waals surface area contributed by atoms with Crippen molar-refractivity contribution >= 4 is 46.7 Å². The fraction of sp³-hybridized carbons (Fsp3) is 0.143. The summed E-state index contributed by atoms with van der Waals surface area (Å²) in [4.78, 5) is 25.0. The van der Waals surface area contributed by atoms with Crippen LogP contribution in [0.1, 0.15) is 10.5 Å². The number of nitrogens with zero attached hydrogens (tertiary/aromatic N) is 6. The van der Waals surface area contributed by atoms with Gasteiger partial charge in [0.1, 0.15) is 0 Å². The standard InChI is InChI=1S/C14H10Cl3N7O2/c1-23-13(26)9(6-3-4-7(15)8(16)5-6)10(17)11(20-23)12(25)18-14-19-21-22-24(14)2/h3-5H,1-2H3,(H,18,19,22,25). The quantitative estimate of drug-likeness (QED) is 0.704. The van der Waals surface area contributed by atoms with Gasteiger partial charge in [0.15, 0.2) is 5.69 Å². The molecule has 0 aliphatic rings. The van der Waals surface area contributed by atoms with Gasteiger partial charge in [-0.3, -0.25) is 14.9 Å². The molecule has 0 aliphatic carbocycles. The van der Waals surface area contributed by atoms with Crippen molar-refractivity contribution < 1.29 is 4.79 Å². The van der Waals surface area contributed by atoms with Crippen molar-refractivity contribution in [3.63, 3.8) is 0 Å². The van der Waals surface area contributed by atoms with E-state index in [0.717, 1.165) is 4.68 Å². The first-order valence-electron chi connectivity index (χ1n) is 7.05. The predicted molar refractivity (Wildman–Crippen MR) is 96.7 cm³/mol. The molecule has 26 heavy (non-hydrogen) atoms. The Bertz CT molecular complexity index is 1080. The molecule has 1 aromatic carbocycles. The normalized spacial score (nSPS) is 10.8. The lowest BCUT2D eigenvalue weighted by atomic mass is 10.1. The first-order chi connectivity index (χ1) is 12.3. The largest absolute Gasteiger partial charge is 0.288 e. The number of benzene rings is 1. The van der Waals surface area contributed by atoms with E-state index in [2.05, 4.69) is 25.9 Å². The van der Waals surface area contributed by atoms with E-state index in [1.165, 1.54) is 23.9 Å². The molecule has 0 bridgehead atoms. The lowest BCUT2D eigenvalue weighted by molar-refractivity contribution is 0.101. The van der Waals surface area contributed by atoms with Crippen LogP contribution >= 0.6 is 34.8 Å². The zero-order chi connectivity index (χ0) is 19.0. The van der Waals surface area contributed by atoms with E-state index in [4.69, 9.17) is 34.8 Å². The zero-order valence-electron chi connectivity index (χ0n) is 13.4. The highest BCUT2D eigenvalue weighted by atomic mass is 35.5. The predicted octanol–water partition coefficient (Wildman–Crippen LogP) is 2.18. The second-order valence-corrected chi connectivity index (χ2v) is 6.37. The molecule has 2 aromatic heterocycles. The van der Waals surface area contributed by atoms with Crippen LogP contribution in [0.3, 0.4) is 0 Å². The summed E-state index contributed by atoms with van der Waals surface area (Å²) in [5, 5.41) is 17.5. The molecule has 0 spiro atoms. The number of hydrogen-bond acceptors (Lipinski definition) is 6. The molecule has 0 atom stereocenters. The van der Waals surface area contributed by atoms with Gasteiger partial charge in [0.25, 0.3) is 11.5 Å². The molecule has 134 valence electrons. The van der Waals surface area contributed by atoms with E-state index in [9.17, 15) is 9.59 Å². The summed E-state index contributed by atoms with van der Waals surface area (Å²) in [5.41, 5.74) is -0.186.